The SMILES string of the molecule is C=CC1OC(c2ncnc(Cl)c2[N+](=O)[O-])=CC(O[Si](C(C)C)(C(C)C)C(C)C)C1O[Si](C(C)C)(C(C)C)C(C)C. The van der Waals surface area contributed by atoms with E-state index in [1.54, 1.807) is 6.08 Å². The highest BCUT2D eigenvalue weighted by molar-refractivity contribution is 6.78. The number of hydrogen-bond donors (Lipinski definition) is 0. The number of nitrogens with zero attached hydrogens (tertiary/aromatic N) is 3. The van der Waals surface area contributed by atoms with Crippen molar-refractivity contribution in [2.24, 2.45) is 0 Å². The van der Waals surface area contributed by atoms with Crippen LogP contribution in [0.1, 0.15) is 88.8 Å². The lowest BCUT2D eigenvalue weighted by atomic mass is 10.0. The fourth-order valence-corrected chi connectivity index (χ4v) is 18.5. The Balaban J connectivity index is 2.88. The molecule has 8 nitrogen and oxygen atoms in total. The molecule has 0 saturated carbocycles. The molecule has 0 aromatic carbocycles. The predicted molar refractivity (Wildman–Crippen MR) is 169 cm³/mol. The summed E-state index contributed by atoms with van der Waals surface area (Å²) in [5, 5.41) is 11.7. The minimum Gasteiger partial charge on any atom is -0.481 e. The minimum atomic E-state index is -2.42. The summed E-state index contributed by atoms with van der Waals surface area (Å²) in [6.07, 6.45) is 3.14. The van der Waals surface area contributed by atoms with Crippen molar-refractivity contribution in [2.75, 3.05) is 0 Å². The number of halogens is 1. The second-order valence-electron chi connectivity index (χ2n) is 12.8. The van der Waals surface area contributed by atoms with Gasteiger partial charge in [0.2, 0.25) is 21.8 Å². The van der Waals surface area contributed by atoms with Crippen LogP contribution in [0.4, 0.5) is 5.69 Å². The molecule has 0 radical (unpaired) electrons. The molecule has 226 valence electrons. The Kier molecular flexibility index (Phi) is 11.8. The number of ether oxygens (including phenoxy) is 1. The quantitative estimate of drug-likeness (QED) is 0.0721. The number of hydrogen-bond acceptors (Lipinski definition) is 7. The molecule has 3 atom stereocenters. The maximum absolute atomic E-state index is 12.0. The lowest BCUT2D eigenvalue weighted by Gasteiger charge is -2.51. The van der Waals surface area contributed by atoms with Crippen LogP contribution in [0, 0.1) is 10.1 Å². The third kappa shape index (κ3) is 6.41. The van der Waals surface area contributed by atoms with E-state index in [0.717, 1.165) is 0 Å². The van der Waals surface area contributed by atoms with Gasteiger partial charge in [0.1, 0.15) is 18.5 Å². The van der Waals surface area contributed by atoms with Crippen LogP contribution in [-0.2, 0) is 13.6 Å². The number of nitro groups is 1. The zero-order valence-electron chi connectivity index (χ0n) is 26.4. The summed E-state index contributed by atoms with van der Waals surface area (Å²) >= 11 is 6.16. The van der Waals surface area contributed by atoms with Gasteiger partial charge in [-0.05, 0) is 45.4 Å². The summed E-state index contributed by atoms with van der Waals surface area (Å²) in [7, 11) is -4.81. The van der Waals surface area contributed by atoms with E-state index in [1.165, 1.54) is 6.33 Å². The Morgan fingerprint density at radius 1 is 0.900 bits per heavy atom. The average molecular weight is 612 g/mol. The van der Waals surface area contributed by atoms with Gasteiger partial charge in [-0.3, -0.25) is 10.1 Å². The normalized spacial score (nSPS) is 20.6. The minimum absolute atomic E-state index is 0.0231. The molecular weight excluding hydrogens is 562 g/mol. The molecular formula is C29H50ClN3O5Si2. The highest BCUT2D eigenvalue weighted by Gasteiger charge is 2.53. The van der Waals surface area contributed by atoms with Crippen molar-refractivity contribution in [1.82, 2.24) is 9.97 Å². The Labute approximate surface area is 248 Å². The third-order valence-electron chi connectivity index (χ3n) is 8.75. The Hall–Kier alpha value is -1.60. The average Bonchev–Trinajstić information content (AvgIpc) is 2.83. The molecule has 40 heavy (non-hydrogen) atoms. The fraction of sp³-hybridized carbons (Fsp3) is 0.724. The lowest BCUT2D eigenvalue weighted by Crippen LogP contribution is -2.59. The van der Waals surface area contributed by atoms with Gasteiger partial charge in [-0.15, -0.1) is 0 Å². The number of aromatic nitrogens is 2. The topological polar surface area (TPSA) is 96.6 Å². The van der Waals surface area contributed by atoms with Gasteiger partial charge in [0, 0.05) is 0 Å². The zero-order valence-corrected chi connectivity index (χ0v) is 29.2. The standard InChI is InChI=1S/C29H50ClN3O5Si2/c1-14-23-28(38-40(20(8)9,21(10)11)22(12)13)25(37-39(17(2)3,18(4)5)19(6)7)15-24(36-23)26-27(33(34)35)29(30)32-16-31-26/h14-23,25,28H,1H2,2-13H3. The van der Waals surface area contributed by atoms with Gasteiger partial charge in [-0.25, -0.2) is 9.97 Å². The summed E-state index contributed by atoms with van der Waals surface area (Å²) in [6.45, 7) is 31.0. The first-order valence-corrected chi connectivity index (χ1v) is 19.2. The van der Waals surface area contributed by atoms with E-state index in [9.17, 15) is 10.1 Å². The van der Waals surface area contributed by atoms with Crippen LogP contribution in [0.15, 0.2) is 25.1 Å². The van der Waals surface area contributed by atoms with Crippen molar-refractivity contribution < 1.29 is 18.5 Å². The van der Waals surface area contributed by atoms with E-state index < -0.39 is 45.6 Å². The summed E-state index contributed by atoms with van der Waals surface area (Å²) in [6, 6.07) is 0. The molecule has 1 aliphatic rings. The smallest absolute Gasteiger partial charge is 0.335 e. The molecule has 1 aromatic rings. The molecule has 0 spiro atoms. The van der Waals surface area contributed by atoms with Crippen LogP contribution in [0.3, 0.4) is 0 Å². The third-order valence-corrected chi connectivity index (χ3v) is 21.2. The van der Waals surface area contributed by atoms with Gasteiger partial charge in [0.15, 0.2) is 11.5 Å². The van der Waals surface area contributed by atoms with Gasteiger partial charge in [0.25, 0.3) is 0 Å². The number of rotatable bonds is 13. The Bertz CT molecular complexity index is 1030. The van der Waals surface area contributed by atoms with E-state index in [2.05, 4.69) is 99.6 Å². The molecule has 11 heteroatoms. The van der Waals surface area contributed by atoms with Crippen molar-refractivity contribution in [3.05, 3.63) is 46.0 Å². The molecule has 1 aromatic heterocycles. The van der Waals surface area contributed by atoms with E-state index >= 15 is 0 Å². The largest absolute Gasteiger partial charge is 0.481 e. The maximum atomic E-state index is 12.0. The second kappa shape index (κ2) is 13.6. The molecule has 0 N–H and O–H groups in total. The monoisotopic (exact) mass is 611 g/mol. The van der Waals surface area contributed by atoms with Gasteiger partial charge in [-0.2, -0.15) is 0 Å². The van der Waals surface area contributed by atoms with Crippen LogP contribution in [0.5, 0.6) is 0 Å². The van der Waals surface area contributed by atoms with Gasteiger partial charge in [-0.1, -0.05) is 101 Å². The van der Waals surface area contributed by atoms with Crippen molar-refractivity contribution in [3.8, 4) is 0 Å². The van der Waals surface area contributed by atoms with E-state index in [1.807, 2.05) is 6.08 Å². The molecule has 0 amide bonds. The van der Waals surface area contributed by atoms with Crippen LogP contribution < -0.4 is 0 Å². The van der Waals surface area contributed by atoms with E-state index in [4.69, 9.17) is 25.2 Å². The molecule has 3 unspecified atom stereocenters. The van der Waals surface area contributed by atoms with Gasteiger partial charge in [0.05, 0.1) is 11.0 Å². The summed E-state index contributed by atoms with van der Waals surface area (Å²) in [5.74, 6) is 0.232. The first-order valence-electron chi connectivity index (χ1n) is 14.5. The second-order valence-corrected chi connectivity index (χ2v) is 23.9. The first kappa shape index (κ1) is 34.6. The van der Waals surface area contributed by atoms with Crippen molar-refractivity contribution >= 4 is 39.7 Å². The van der Waals surface area contributed by atoms with Crippen LogP contribution in [-0.4, -0.2) is 49.8 Å². The van der Waals surface area contributed by atoms with Crippen LogP contribution >= 0.6 is 11.6 Å². The molecule has 0 fully saturated rings. The molecule has 0 aliphatic carbocycles. The van der Waals surface area contributed by atoms with Crippen LogP contribution in [0.2, 0.25) is 38.4 Å². The lowest BCUT2D eigenvalue weighted by molar-refractivity contribution is -0.385. The molecule has 0 bridgehead atoms. The summed E-state index contributed by atoms with van der Waals surface area (Å²) < 4.78 is 21.1. The Morgan fingerprint density at radius 2 is 1.35 bits per heavy atom. The van der Waals surface area contributed by atoms with E-state index in [-0.39, 0.29) is 16.6 Å². The van der Waals surface area contributed by atoms with Gasteiger partial charge < -0.3 is 13.6 Å². The van der Waals surface area contributed by atoms with Gasteiger partial charge >= 0.3 is 5.69 Å². The van der Waals surface area contributed by atoms with Crippen molar-refractivity contribution in [1.29, 1.82) is 0 Å². The van der Waals surface area contributed by atoms with Crippen molar-refractivity contribution in [2.45, 2.75) is 135 Å². The molecule has 1 aliphatic heterocycles. The van der Waals surface area contributed by atoms with E-state index in [0.29, 0.717) is 33.2 Å². The maximum Gasteiger partial charge on any atom is 0.335 e. The summed E-state index contributed by atoms with van der Waals surface area (Å²) in [4.78, 5) is 19.5. The van der Waals surface area contributed by atoms with Crippen LogP contribution in [0.25, 0.3) is 5.76 Å². The predicted octanol–water partition coefficient (Wildman–Crippen LogP) is 9.09. The molecule has 0 saturated heterocycles. The van der Waals surface area contributed by atoms with Crippen molar-refractivity contribution in [3.63, 3.8) is 0 Å². The molecule has 2 rings (SSSR count). The highest BCUT2D eigenvalue weighted by Crippen LogP contribution is 2.48. The first-order chi connectivity index (χ1) is 18.5. The Morgan fingerprint density at radius 3 is 1.75 bits per heavy atom. The highest BCUT2D eigenvalue weighted by atomic mass is 35.5. The fourth-order valence-electron chi connectivity index (χ4n) is 7.22. The molecule has 2 heterocycles. The zero-order chi connectivity index (χ0) is 30.7. The summed E-state index contributed by atoms with van der Waals surface area (Å²) in [5.41, 5.74) is 1.61.